The van der Waals surface area contributed by atoms with Crippen molar-refractivity contribution in [3.63, 3.8) is 0 Å². The molecule has 0 saturated carbocycles. The first-order valence-electron chi connectivity index (χ1n) is 11.4. The molecule has 0 spiro atoms. The minimum Gasteiger partial charge on any atom is -0.309 e. The second-order valence-electron chi connectivity index (χ2n) is 8.76. The Morgan fingerprint density at radius 1 is 0.394 bits per heavy atom. The van der Waals surface area contributed by atoms with Gasteiger partial charge in [0.15, 0.2) is 0 Å². The van der Waals surface area contributed by atoms with Crippen molar-refractivity contribution >= 4 is 43.6 Å². The smallest absolute Gasteiger partial charge is 0.0561 e. The van der Waals surface area contributed by atoms with Crippen molar-refractivity contribution in [2.45, 2.75) is 6.92 Å². The molecule has 2 aromatic heterocycles. The van der Waals surface area contributed by atoms with Gasteiger partial charge in [-0.3, -0.25) is 0 Å². The Morgan fingerprint density at radius 3 is 1.70 bits per heavy atom. The van der Waals surface area contributed by atoms with E-state index >= 15 is 0 Å². The maximum absolute atomic E-state index is 2.39. The van der Waals surface area contributed by atoms with Gasteiger partial charge in [-0.1, -0.05) is 72.3 Å². The van der Waals surface area contributed by atoms with Gasteiger partial charge in [0.25, 0.3) is 0 Å². The highest BCUT2D eigenvalue weighted by Crippen LogP contribution is 2.36. The normalized spacial score (nSPS) is 11.8. The zero-order chi connectivity index (χ0) is 21.9. The summed E-state index contributed by atoms with van der Waals surface area (Å²) >= 11 is 0. The number of rotatable bonds is 2. The maximum atomic E-state index is 2.39. The van der Waals surface area contributed by atoms with Crippen molar-refractivity contribution in [3.8, 4) is 11.4 Å². The van der Waals surface area contributed by atoms with E-state index in [4.69, 9.17) is 0 Å². The molecule has 2 nitrogen and oxygen atoms in total. The van der Waals surface area contributed by atoms with Gasteiger partial charge < -0.3 is 9.13 Å². The molecule has 156 valence electrons. The van der Waals surface area contributed by atoms with Gasteiger partial charge in [0.2, 0.25) is 0 Å². The van der Waals surface area contributed by atoms with Gasteiger partial charge in [0.1, 0.15) is 0 Å². The monoisotopic (exact) mass is 422 g/mol. The zero-order valence-electron chi connectivity index (χ0n) is 18.4. The van der Waals surface area contributed by atoms with Crippen LogP contribution in [0.2, 0.25) is 0 Å². The highest BCUT2D eigenvalue weighted by atomic mass is 15.0. The van der Waals surface area contributed by atoms with Crippen LogP contribution in [0.5, 0.6) is 0 Å². The molecule has 5 aromatic carbocycles. The summed E-state index contributed by atoms with van der Waals surface area (Å²) in [4.78, 5) is 0. The molecule has 0 aliphatic carbocycles. The lowest BCUT2D eigenvalue weighted by molar-refractivity contribution is 1.15. The van der Waals surface area contributed by atoms with Crippen LogP contribution in [0.15, 0.2) is 115 Å². The summed E-state index contributed by atoms with van der Waals surface area (Å²) in [5.41, 5.74) is 8.56. The summed E-state index contributed by atoms with van der Waals surface area (Å²) in [5.74, 6) is 0. The third-order valence-electron chi connectivity index (χ3n) is 6.76. The molecular formula is C31H22N2. The fourth-order valence-corrected chi connectivity index (χ4v) is 5.32. The molecular weight excluding hydrogens is 400 g/mol. The summed E-state index contributed by atoms with van der Waals surface area (Å²) in [6.45, 7) is 2.16. The van der Waals surface area contributed by atoms with Crippen molar-refractivity contribution in [2.75, 3.05) is 0 Å². The number of fused-ring (bicyclic) bond motifs is 6. The lowest BCUT2D eigenvalue weighted by Gasteiger charge is -2.11. The highest BCUT2D eigenvalue weighted by molar-refractivity contribution is 6.12. The van der Waals surface area contributed by atoms with Crippen LogP contribution in [-0.4, -0.2) is 9.13 Å². The van der Waals surface area contributed by atoms with Gasteiger partial charge in [0.05, 0.1) is 22.1 Å². The van der Waals surface area contributed by atoms with E-state index in [9.17, 15) is 0 Å². The van der Waals surface area contributed by atoms with Crippen molar-refractivity contribution in [3.05, 3.63) is 121 Å². The first-order chi connectivity index (χ1) is 16.3. The number of benzene rings is 5. The second kappa shape index (κ2) is 6.85. The topological polar surface area (TPSA) is 9.86 Å². The Bertz CT molecular complexity index is 1760. The van der Waals surface area contributed by atoms with Gasteiger partial charge in [-0.05, 0) is 55.5 Å². The minimum atomic E-state index is 1.18. The van der Waals surface area contributed by atoms with E-state index in [0.717, 1.165) is 0 Å². The Morgan fingerprint density at radius 2 is 0.970 bits per heavy atom. The van der Waals surface area contributed by atoms with E-state index in [1.165, 1.54) is 60.5 Å². The summed E-state index contributed by atoms with van der Waals surface area (Å²) in [7, 11) is 0. The molecule has 0 N–H and O–H groups in total. The number of aromatic nitrogens is 2. The molecule has 2 heteroatoms. The van der Waals surface area contributed by atoms with E-state index in [-0.39, 0.29) is 0 Å². The highest BCUT2D eigenvalue weighted by Gasteiger charge is 2.16. The molecule has 0 unspecified atom stereocenters. The molecule has 0 amide bonds. The third kappa shape index (κ3) is 2.61. The maximum Gasteiger partial charge on any atom is 0.0561 e. The number of para-hydroxylation sites is 3. The fourth-order valence-electron chi connectivity index (χ4n) is 5.32. The summed E-state index contributed by atoms with van der Waals surface area (Å²) < 4.78 is 4.78. The van der Waals surface area contributed by atoms with Gasteiger partial charge in [-0.2, -0.15) is 0 Å². The summed E-state index contributed by atoms with van der Waals surface area (Å²) in [5, 5.41) is 5.14. The van der Waals surface area contributed by atoms with Crippen LogP contribution in [0.25, 0.3) is 55.0 Å². The Hall–Kier alpha value is -4.30. The van der Waals surface area contributed by atoms with E-state index in [1.807, 2.05) is 0 Å². The van der Waals surface area contributed by atoms with Crippen LogP contribution in [0.4, 0.5) is 0 Å². The van der Waals surface area contributed by atoms with Crippen molar-refractivity contribution < 1.29 is 0 Å². The standard InChI is InChI=1S/C31H22N2/c1-21-15-18-30-27(19-21)26-17-16-23(20-31(26)32(30)22-9-3-2-4-10-22)33-28-13-7-5-11-24(28)25-12-6-8-14-29(25)33/h2-20H,1H3. The fraction of sp³-hybridized carbons (Fsp3) is 0.0323. The molecule has 0 saturated heterocycles. The number of nitrogens with zero attached hydrogens (tertiary/aromatic N) is 2. The first-order valence-corrected chi connectivity index (χ1v) is 11.4. The van der Waals surface area contributed by atoms with Gasteiger partial charge >= 0.3 is 0 Å². The lowest BCUT2D eigenvalue weighted by Crippen LogP contribution is -1.96. The summed E-state index contributed by atoms with van der Waals surface area (Å²) in [6, 6.07) is 41.7. The molecule has 7 rings (SSSR count). The van der Waals surface area contributed by atoms with Crippen LogP contribution < -0.4 is 0 Å². The van der Waals surface area contributed by atoms with Crippen LogP contribution >= 0.6 is 0 Å². The Kier molecular flexibility index (Phi) is 3.80. The van der Waals surface area contributed by atoms with Gasteiger partial charge in [-0.15, -0.1) is 0 Å². The average Bonchev–Trinajstić information content (AvgIpc) is 3.37. The van der Waals surface area contributed by atoms with Crippen LogP contribution in [0.3, 0.4) is 0 Å². The number of aryl methyl sites for hydroxylation is 1. The van der Waals surface area contributed by atoms with Gasteiger partial charge in [-0.25, -0.2) is 0 Å². The Balaban J connectivity index is 1.62. The molecule has 0 aliphatic heterocycles. The summed E-state index contributed by atoms with van der Waals surface area (Å²) in [6.07, 6.45) is 0. The van der Waals surface area contributed by atoms with Crippen LogP contribution in [0, 0.1) is 6.92 Å². The van der Waals surface area contributed by atoms with Crippen molar-refractivity contribution in [2.24, 2.45) is 0 Å². The van der Waals surface area contributed by atoms with Gasteiger partial charge in [0, 0.05) is 32.9 Å². The lowest BCUT2D eigenvalue weighted by atomic mass is 10.1. The molecule has 0 fully saturated rings. The molecule has 33 heavy (non-hydrogen) atoms. The number of hydrogen-bond acceptors (Lipinski definition) is 0. The van der Waals surface area contributed by atoms with E-state index in [2.05, 4.69) is 131 Å². The van der Waals surface area contributed by atoms with Crippen molar-refractivity contribution in [1.82, 2.24) is 9.13 Å². The molecule has 0 aliphatic rings. The van der Waals surface area contributed by atoms with Crippen LogP contribution in [-0.2, 0) is 0 Å². The minimum absolute atomic E-state index is 1.18. The van der Waals surface area contributed by atoms with Crippen LogP contribution in [0.1, 0.15) is 5.56 Å². The molecule has 0 radical (unpaired) electrons. The quantitative estimate of drug-likeness (QED) is 0.266. The molecule has 2 heterocycles. The Labute approximate surface area is 191 Å². The predicted octanol–water partition coefficient (Wildman–Crippen LogP) is 8.19. The van der Waals surface area contributed by atoms with E-state index in [0.29, 0.717) is 0 Å². The third-order valence-corrected chi connectivity index (χ3v) is 6.76. The average molecular weight is 423 g/mol. The molecule has 7 aromatic rings. The largest absolute Gasteiger partial charge is 0.309 e. The molecule has 0 atom stereocenters. The van der Waals surface area contributed by atoms with Crippen molar-refractivity contribution in [1.29, 1.82) is 0 Å². The first kappa shape index (κ1) is 18.3. The van der Waals surface area contributed by atoms with E-state index < -0.39 is 0 Å². The second-order valence-corrected chi connectivity index (χ2v) is 8.76. The number of hydrogen-bond donors (Lipinski definition) is 0. The predicted molar refractivity (Wildman–Crippen MR) is 140 cm³/mol. The van der Waals surface area contributed by atoms with E-state index in [1.54, 1.807) is 0 Å². The SMILES string of the molecule is Cc1ccc2c(c1)c1ccc(-n3c4ccccc4c4ccccc43)cc1n2-c1ccccc1. The molecule has 0 bridgehead atoms. The zero-order valence-corrected chi connectivity index (χ0v) is 18.4.